The Morgan fingerprint density at radius 3 is 2.84 bits per heavy atom. The Hall–Kier alpha value is -3.62. The molecule has 2 aliphatic heterocycles. The monoisotopic (exact) mass is 424 g/mol. The van der Waals surface area contributed by atoms with Gasteiger partial charge in [-0.25, -0.2) is 13.9 Å². The minimum atomic E-state index is -0.315. The Balaban J connectivity index is 1.26. The molecule has 0 spiro atoms. The smallest absolute Gasteiger partial charge is 0.346 e. The summed E-state index contributed by atoms with van der Waals surface area (Å²) >= 11 is 0. The SMILES string of the molecule is O=C(NC1CCc2nn(Cc3ccc(F)cc3)c(=O)n2CC1)c1cccc2c1OCO2. The first-order chi connectivity index (χ1) is 15.1. The molecular formula is C22H21FN4O4. The fourth-order valence-corrected chi connectivity index (χ4v) is 4.01. The van der Waals surface area contributed by atoms with E-state index >= 15 is 0 Å². The van der Waals surface area contributed by atoms with E-state index in [0.717, 1.165) is 5.56 Å². The van der Waals surface area contributed by atoms with Crippen molar-refractivity contribution in [2.75, 3.05) is 6.79 Å². The number of halogens is 1. The summed E-state index contributed by atoms with van der Waals surface area (Å²) in [5.74, 6) is 1.19. The highest BCUT2D eigenvalue weighted by Crippen LogP contribution is 2.35. The average molecular weight is 424 g/mol. The topological polar surface area (TPSA) is 87.4 Å². The van der Waals surface area contributed by atoms with E-state index in [1.165, 1.54) is 16.8 Å². The number of nitrogens with zero attached hydrogens (tertiary/aromatic N) is 3. The number of aromatic nitrogens is 3. The number of rotatable bonds is 4. The van der Waals surface area contributed by atoms with Gasteiger partial charge in [0.2, 0.25) is 6.79 Å². The predicted molar refractivity (Wildman–Crippen MR) is 109 cm³/mol. The number of nitrogens with one attached hydrogen (secondary N) is 1. The van der Waals surface area contributed by atoms with Gasteiger partial charge >= 0.3 is 5.69 Å². The lowest BCUT2D eigenvalue weighted by atomic mass is 10.1. The molecule has 1 aromatic heterocycles. The van der Waals surface area contributed by atoms with E-state index in [1.807, 2.05) is 0 Å². The van der Waals surface area contributed by atoms with Gasteiger partial charge in [-0.1, -0.05) is 18.2 Å². The van der Waals surface area contributed by atoms with Gasteiger partial charge in [-0.05, 0) is 42.7 Å². The number of ether oxygens (including phenoxy) is 2. The summed E-state index contributed by atoms with van der Waals surface area (Å²) < 4.78 is 26.9. The second-order valence-corrected chi connectivity index (χ2v) is 7.67. The van der Waals surface area contributed by atoms with Crippen LogP contribution in [0, 0.1) is 5.82 Å². The Labute approximate surface area is 177 Å². The van der Waals surface area contributed by atoms with E-state index < -0.39 is 0 Å². The van der Waals surface area contributed by atoms with Crippen molar-refractivity contribution in [3.8, 4) is 11.5 Å². The van der Waals surface area contributed by atoms with Crippen molar-refractivity contribution < 1.29 is 18.7 Å². The van der Waals surface area contributed by atoms with E-state index in [9.17, 15) is 14.0 Å². The molecule has 0 bridgehead atoms. The van der Waals surface area contributed by atoms with Gasteiger partial charge in [0, 0.05) is 19.0 Å². The highest BCUT2D eigenvalue weighted by atomic mass is 19.1. The van der Waals surface area contributed by atoms with Crippen LogP contribution in [0.25, 0.3) is 0 Å². The van der Waals surface area contributed by atoms with Crippen LogP contribution in [0.4, 0.5) is 4.39 Å². The molecule has 3 heterocycles. The molecule has 0 saturated carbocycles. The third kappa shape index (κ3) is 3.78. The van der Waals surface area contributed by atoms with Crippen LogP contribution < -0.4 is 20.5 Å². The number of hydrogen-bond donors (Lipinski definition) is 1. The summed E-state index contributed by atoms with van der Waals surface area (Å²) in [5.41, 5.74) is 1.06. The maximum Gasteiger partial charge on any atom is 0.346 e. The van der Waals surface area contributed by atoms with Crippen molar-refractivity contribution in [2.45, 2.75) is 38.4 Å². The molecule has 9 heteroatoms. The number of benzene rings is 2. The van der Waals surface area contributed by atoms with Crippen LogP contribution in [0.5, 0.6) is 11.5 Å². The van der Waals surface area contributed by atoms with Gasteiger partial charge in [-0.15, -0.1) is 0 Å². The van der Waals surface area contributed by atoms with E-state index in [1.54, 1.807) is 34.9 Å². The van der Waals surface area contributed by atoms with E-state index in [2.05, 4.69) is 10.4 Å². The van der Waals surface area contributed by atoms with Crippen molar-refractivity contribution in [1.82, 2.24) is 19.7 Å². The number of carbonyl (C=O) groups excluding carboxylic acids is 1. The zero-order chi connectivity index (χ0) is 21.4. The van der Waals surface area contributed by atoms with Crippen molar-refractivity contribution in [3.63, 3.8) is 0 Å². The molecule has 2 aliphatic rings. The predicted octanol–water partition coefficient (Wildman–Crippen LogP) is 2.10. The molecule has 0 radical (unpaired) electrons. The minimum absolute atomic E-state index is 0.0858. The molecule has 0 aliphatic carbocycles. The van der Waals surface area contributed by atoms with Crippen molar-refractivity contribution in [3.05, 3.63) is 75.7 Å². The Bertz CT molecular complexity index is 1190. The number of carbonyl (C=O) groups is 1. The molecule has 31 heavy (non-hydrogen) atoms. The highest BCUT2D eigenvalue weighted by Gasteiger charge is 2.26. The maximum atomic E-state index is 13.1. The molecule has 2 aromatic carbocycles. The summed E-state index contributed by atoms with van der Waals surface area (Å²) in [4.78, 5) is 25.6. The zero-order valence-corrected chi connectivity index (χ0v) is 16.7. The first kappa shape index (κ1) is 19.3. The summed E-state index contributed by atoms with van der Waals surface area (Å²) in [6.45, 7) is 0.865. The Kier molecular flexibility index (Phi) is 4.93. The third-order valence-electron chi connectivity index (χ3n) is 5.64. The van der Waals surface area contributed by atoms with Crippen LogP contribution in [0.2, 0.25) is 0 Å². The summed E-state index contributed by atoms with van der Waals surface area (Å²) in [6.07, 6.45) is 1.86. The van der Waals surface area contributed by atoms with Gasteiger partial charge in [0.15, 0.2) is 11.5 Å². The Morgan fingerprint density at radius 1 is 1.16 bits per heavy atom. The second kappa shape index (κ2) is 7.90. The van der Waals surface area contributed by atoms with Crippen molar-refractivity contribution >= 4 is 5.91 Å². The highest BCUT2D eigenvalue weighted by molar-refractivity contribution is 5.98. The quantitative estimate of drug-likeness (QED) is 0.693. The minimum Gasteiger partial charge on any atom is -0.454 e. The number of fused-ring (bicyclic) bond motifs is 2. The first-order valence-corrected chi connectivity index (χ1v) is 10.2. The van der Waals surface area contributed by atoms with E-state index in [4.69, 9.17) is 9.47 Å². The normalized spacial score (nSPS) is 17.1. The van der Waals surface area contributed by atoms with Gasteiger partial charge in [-0.3, -0.25) is 9.36 Å². The number of para-hydroxylation sites is 1. The fourth-order valence-electron chi connectivity index (χ4n) is 4.01. The van der Waals surface area contributed by atoms with Crippen LogP contribution in [-0.2, 0) is 19.5 Å². The first-order valence-electron chi connectivity index (χ1n) is 10.2. The molecule has 5 rings (SSSR count). The van der Waals surface area contributed by atoms with Gasteiger partial charge in [-0.2, -0.15) is 5.10 Å². The molecule has 8 nitrogen and oxygen atoms in total. The van der Waals surface area contributed by atoms with E-state index in [-0.39, 0.29) is 30.2 Å². The Morgan fingerprint density at radius 2 is 2.00 bits per heavy atom. The van der Waals surface area contributed by atoms with Crippen molar-refractivity contribution in [1.29, 1.82) is 0 Å². The largest absolute Gasteiger partial charge is 0.454 e. The summed E-state index contributed by atoms with van der Waals surface area (Å²) in [7, 11) is 0. The summed E-state index contributed by atoms with van der Waals surface area (Å²) in [6, 6.07) is 11.2. The lowest BCUT2D eigenvalue weighted by molar-refractivity contribution is 0.0928. The van der Waals surface area contributed by atoms with Gasteiger partial charge in [0.25, 0.3) is 5.91 Å². The lowest BCUT2D eigenvalue weighted by Crippen LogP contribution is -2.36. The van der Waals surface area contributed by atoms with Gasteiger partial charge in [0.05, 0.1) is 12.1 Å². The second-order valence-electron chi connectivity index (χ2n) is 7.67. The number of hydrogen-bond acceptors (Lipinski definition) is 5. The van der Waals surface area contributed by atoms with Crippen LogP contribution in [0.15, 0.2) is 47.3 Å². The average Bonchev–Trinajstić information content (AvgIpc) is 3.30. The van der Waals surface area contributed by atoms with Gasteiger partial charge < -0.3 is 14.8 Å². The molecule has 1 N–H and O–H groups in total. The number of aryl methyl sites for hydroxylation is 1. The number of amides is 1. The fraction of sp³-hybridized carbons (Fsp3) is 0.318. The van der Waals surface area contributed by atoms with E-state index in [0.29, 0.717) is 55.2 Å². The summed E-state index contributed by atoms with van der Waals surface area (Å²) in [5, 5.41) is 7.52. The molecule has 1 atom stereocenters. The lowest BCUT2D eigenvalue weighted by Gasteiger charge is -2.16. The molecule has 3 aromatic rings. The molecule has 1 unspecified atom stereocenters. The molecule has 0 saturated heterocycles. The maximum absolute atomic E-state index is 13.1. The van der Waals surface area contributed by atoms with Gasteiger partial charge in [0.1, 0.15) is 11.6 Å². The molecule has 0 fully saturated rings. The molecular weight excluding hydrogens is 403 g/mol. The zero-order valence-electron chi connectivity index (χ0n) is 16.7. The van der Waals surface area contributed by atoms with Crippen LogP contribution in [0.1, 0.15) is 34.6 Å². The van der Waals surface area contributed by atoms with Crippen LogP contribution in [-0.4, -0.2) is 33.1 Å². The third-order valence-corrected chi connectivity index (χ3v) is 5.64. The van der Waals surface area contributed by atoms with Crippen LogP contribution in [0.3, 0.4) is 0 Å². The molecule has 160 valence electrons. The van der Waals surface area contributed by atoms with Crippen LogP contribution >= 0.6 is 0 Å². The molecule has 1 amide bonds. The van der Waals surface area contributed by atoms with Crippen molar-refractivity contribution in [2.24, 2.45) is 0 Å². The standard InChI is InChI=1S/C22H21FN4O4/c23-15-6-4-14(5-7-15)12-27-22(29)26-11-10-16(8-9-19(26)25-27)24-21(28)17-2-1-3-18-20(17)31-13-30-18/h1-7,16H,8-13H2,(H,24,28).